The van der Waals surface area contributed by atoms with E-state index in [2.05, 4.69) is 10.1 Å². The molecule has 0 spiro atoms. The van der Waals surface area contributed by atoms with Crippen LogP contribution >= 0.6 is 0 Å². The number of aromatic nitrogens is 2. The van der Waals surface area contributed by atoms with Gasteiger partial charge in [0, 0.05) is 17.7 Å². The molecule has 5 nitrogen and oxygen atoms in total. The van der Waals surface area contributed by atoms with Gasteiger partial charge in [0.2, 0.25) is 5.82 Å². The quantitative estimate of drug-likeness (QED) is 0.750. The van der Waals surface area contributed by atoms with Crippen LogP contribution in [0.1, 0.15) is 18.4 Å². The summed E-state index contributed by atoms with van der Waals surface area (Å²) in [5.74, 6) is 2.70. The molecule has 0 atom stereocenters. The number of hydrogen-bond acceptors (Lipinski definition) is 5. The number of benzene rings is 2. The molecule has 0 saturated heterocycles. The highest BCUT2D eigenvalue weighted by atomic mass is 16.5. The molecule has 3 aromatic rings. The van der Waals surface area contributed by atoms with Crippen LogP contribution in [0.2, 0.25) is 0 Å². The molecule has 0 bridgehead atoms. The predicted octanol–water partition coefficient (Wildman–Crippen LogP) is 3.65. The molecular formula is C19H19N3O2. The van der Waals surface area contributed by atoms with E-state index in [-0.39, 0.29) is 0 Å². The van der Waals surface area contributed by atoms with Crippen LogP contribution in [0, 0.1) is 5.92 Å². The summed E-state index contributed by atoms with van der Waals surface area (Å²) >= 11 is 0. The van der Waals surface area contributed by atoms with E-state index in [1.165, 1.54) is 12.8 Å². The first-order valence-electron chi connectivity index (χ1n) is 8.18. The van der Waals surface area contributed by atoms with Crippen molar-refractivity contribution in [1.29, 1.82) is 0 Å². The van der Waals surface area contributed by atoms with Crippen LogP contribution in [0.5, 0.6) is 5.75 Å². The van der Waals surface area contributed by atoms with Crippen LogP contribution in [0.3, 0.4) is 0 Å². The van der Waals surface area contributed by atoms with E-state index in [4.69, 9.17) is 15.0 Å². The molecule has 2 N–H and O–H groups in total. The van der Waals surface area contributed by atoms with Crippen molar-refractivity contribution in [3.63, 3.8) is 0 Å². The molecule has 2 aromatic carbocycles. The molecular weight excluding hydrogens is 302 g/mol. The first kappa shape index (κ1) is 14.9. The number of hydrogen-bond donors (Lipinski definition) is 1. The lowest BCUT2D eigenvalue weighted by molar-refractivity contribution is 0.300. The fourth-order valence-electron chi connectivity index (χ4n) is 2.44. The highest BCUT2D eigenvalue weighted by Gasteiger charge is 2.21. The van der Waals surface area contributed by atoms with Gasteiger partial charge in [-0.3, -0.25) is 0 Å². The number of nitrogens with zero attached hydrogens (tertiary/aromatic N) is 2. The second kappa shape index (κ2) is 6.45. The minimum Gasteiger partial charge on any atom is -0.493 e. The molecule has 24 heavy (non-hydrogen) atoms. The van der Waals surface area contributed by atoms with Gasteiger partial charge in [-0.2, -0.15) is 4.98 Å². The number of rotatable bonds is 6. The van der Waals surface area contributed by atoms with E-state index in [1.807, 2.05) is 48.5 Å². The van der Waals surface area contributed by atoms with Crippen molar-refractivity contribution in [2.24, 2.45) is 11.7 Å². The van der Waals surface area contributed by atoms with Crippen LogP contribution in [-0.4, -0.2) is 16.7 Å². The largest absolute Gasteiger partial charge is 0.493 e. The molecule has 1 heterocycles. The van der Waals surface area contributed by atoms with E-state index in [9.17, 15) is 0 Å². The molecule has 0 radical (unpaired) electrons. The zero-order chi connectivity index (χ0) is 16.4. The van der Waals surface area contributed by atoms with Gasteiger partial charge in [0.25, 0.3) is 5.89 Å². The molecule has 0 aliphatic heterocycles. The molecule has 1 saturated carbocycles. The SMILES string of the molecule is NCc1ccc(-c2noc(-c3ccc(OCC4CC4)cc3)n2)cc1. The summed E-state index contributed by atoms with van der Waals surface area (Å²) in [6, 6.07) is 15.6. The van der Waals surface area contributed by atoms with Crippen molar-refractivity contribution in [3.05, 3.63) is 54.1 Å². The molecule has 1 aliphatic rings. The van der Waals surface area contributed by atoms with Gasteiger partial charge in [-0.15, -0.1) is 0 Å². The Kier molecular flexibility index (Phi) is 4.01. The van der Waals surface area contributed by atoms with Gasteiger partial charge in [-0.05, 0) is 48.6 Å². The third kappa shape index (κ3) is 3.31. The zero-order valence-electron chi connectivity index (χ0n) is 13.3. The van der Waals surface area contributed by atoms with Crippen molar-refractivity contribution < 1.29 is 9.26 Å². The lowest BCUT2D eigenvalue weighted by Gasteiger charge is -2.04. The molecule has 0 amide bonds. The summed E-state index contributed by atoms with van der Waals surface area (Å²) in [6.45, 7) is 1.33. The summed E-state index contributed by atoms with van der Waals surface area (Å²) in [6.07, 6.45) is 2.57. The van der Waals surface area contributed by atoms with Gasteiger partial charge in [0.15, 0.2) is 0 Å². The Morgan fingerprint density at radius 1 is 1.00 bits per heavy atom. The topological polar surface area (TPSA) is 74.2 Å². The Labute approximate surface area is 140 Å². The second-order valence-electron chi connectivity index (χ2n) is 6.10. The summed E-state index contributed by atoms with van der Waals surface area (Å²) in [7, 11) is 0. The van der Waals surface area contributed by atoms with Crippen LogP contribution < -0.4 is 10.5 Å². The highest BCUT2D eigenvalue weighted by molar-refractivity contribution is 5.60. The van der Waals surface area contributed by atoms with E-state index in [0.717, 1.165) is 35.0 Å². The zero-order valence-corrected chi connectivity index (χ0v) is 13.3. The van der Waals surface area contributed by atoms with Gasteiger partial charge < -0.3 is 15.0 Å². The van der Waals surface area contributed by atoms with Crippen molar-refractivity contribution in [2.45, 2.75) is 19.4 Å². The van der Waals surface area contributed by atoms with Crippen LogP contribution in [-0.2, 0) is 6.54 Å². The summed E-state index contributed by atoms with van der Waals surface area (Å²) in [5, 5.41) is 4.06. The van der Waals surface area contributed by atoms with Gasteiger partial charge in [0.1, 0.15) is 5.75 Å². The van der Waals surface area contributed by atoms with Gasteiger partial charge in [-0.25, -0.2) is 0 Å². The summed E-state index contributed by atoms with van der Waals surface area (Å²) < 4.78 is 11.1. The van der Waals surface area contributed by atoms with E-state index in [1.54, 1.807) is 0 Å². The van der Waals surface area contributed by atoms with Crippen molar-refractivity contribution in [1.82, 2.24) is 10.1 Å². The maximum atomic E-state index is 5.74. The second-order valence-corrected chi connectivity index (χ2v) is 6.10. The minimum absolute atomic E-state index is 0.502. The Hall–Kier alpha value is -2.66. The highest BCUT2D eigenvalue weighted by Crippen LogP contribution is 2.30. The molecule has 122 valence electrons. The van der Waals surface area contributed by atoms with Crippen LogP contribution in [0.15, 0.2) is 53.1 Å². The number of nitrogens with two attached hydrogens (primary N) is 1. The average molecular weight is 321 g/mol. The first-order valence-corrected chi connectivity index (χ1v) is 8.18. The van der Waals surface area contributed by atoms with E-state index >= 15 is 0 Å². The smallest absolute Gasteiger partial charge is 0.258 e. The monoisotopic (exact) mass is 321 g/mol. The standard InChI is InChI=1S/C19H19N3O2/c20-11-13-3-5-15(6-4-13)18-21-19(24-22-18)16-7-9-17(10-8-16)23-12-14-1-2-14/h3-10,14H,1-2,11-12,20H2. The maximum absolute atomic E-state index is 5.74. The number of ether oxygens (including phenoxy) is 1. The maximum Gasteiger partial charge on any atom is 0.258 e. The lowest BCUT2D eigenvalue weighted by Crippen LogP contribution is -1.98. The van der Waals surface area contributed by atoms with Gasteiger partial charge in [-0.1, -0.05) is 29.4 Å². The molecule has 5 heteroatoms. The Bertz CT molecular complexity index is 805. The molecule has 4 rings (SSSR count). The summed E-state index contributed by atoms with van der Waals surface area (Å²) in [5.41, 5.74) is 8.48. The van der Waals surface area contributed by atoms with E-state index in [0.29, 0.717) is 18.3 Å². The van der Waals surface area contributed by atoms with Crippen LogP contribution in [0.25, 0.3) is 22.8 Å². The van der Waals surface area contributed by atoms with Crippen molar-refractivity contribution >= 4 is 0 Å². The molecule has 1 aliphatic carbocycles. The normalized spacial score (nSPS) is 13.9. The minimum atomic E-state index is 0.502. The Balaban J connectivity index is 1.48. The van der Waals surface area contributed by atoms with Crippen molar-refractivity contribution in [2.75, 3.05) is 6.61 Å². The molecule has 0 unspecified atom stereocenters. The third-order valence-electron chi connectivity index (χ3n) is 4.16. The molecule has 1 fully saturated rings. The van der Waals surface area contributed by atoms with Crippen LogP contribution in [0.4, 0.5) is 0 Å². The summed E-state index contributed by atoms with van der Waals surface area (Å²) in [4.78, 5) is 4.47. The Morgan fingerprint density at radius 2 is 1.71 bits per heavy atom. The molecule has 1 aromatic heterocycles. The van der Waals surface area contributed by atoms with Crippen molar-refractivity contribution in [3.8, 4) is 28.6 Å². The van der Waals surface area contributed by atoms with Gasteiger partial charge in [0.05, 0.1) is 6.61 Å². The predicted molar refractivity (Wildman–Crippen MR) is 91.3 cm³/mol. The Morgan fingerprint density at radius 3 is 2.38 bits per heavy atom. The van der Waals surface area contributed by atoms with Gasteiger partial charge >= 0.3 is 0 Å². The third-order valence-corrected chi connectivity index (χ3v) is 4.16. The average Bonchev–Trinajstić information content (AvgIpc) is 3.35. The lowest BCUT2D eigenvalue weighted by atomic mass is 10.1. The first-order chi connectivity index (χ1) is 11.8. The fourth-order valence-corrected chi connectivity index (χ4v) is 2.44. The van der Waals surface area contributed by atoms with E-state index < -0.39 is 0 Å². The fraction of sp³-hybridized carbons (Fsp3) is 0.263.